The largest absolute Gasteiger partial charge is 0.506 e. The molecule has 1 aromatic carbocycles. The standard InChI is InChI=1S/C21H29N5O5S/c1-16-21(17(2)31-22-16)32(29,30)26-13-11-25(12-14-26)20(28)15-23-7-9-24(10-8-23)18-5-3-4-6-19(18)27/h3-6,27H,7-15H2,1-2H3. The topological polar surface area (TPSA) is 110 Å². The molecule has 4 rings (SSSR count). The molecule has 0 saturated carbocycles. The fourth-order valence-electron chi connectivity index (χ4n) is 4.32. The molecule has 2 aromatic rings. The van der Waals surface area contributed by atoms with E-state index in [4.69, 9.17) is 4.52 Å². The lowest BCUT2D eigenvalue weighted by molar-refractivity contribution is -0.133. The fraction of sp³-hybridized carbons (Fsp3) is 0.524. The highest BCUT2D eigenvalue weighted by Crippen LogP contribution is 2.27. The maximum absolute atomic E-state index is 12.9. The van der Waals surface area contributed by atoms with E-state index in [0.29, 0.717) is 25.3 Å². The van der Waals surface area contributed by atoms with Crippen LogP contribution in [0.25, 0.3) is 0 Å². The highest BCUT2D eigenvalue weighted by molar-refractivity contribution is 7.89. The first-order chi connectivity index (χ1) is 15.3. The van der Waals surface area contributed by atoms with Gasteiger partial charge in [-0.25, -0.2) is 8.42 Å². The number of aromatic nitrogens is 1. The van der Waals surface area contributed by atoms with Crippen molar-refractivity contribution < 1.29 is 22.8 Å². The van der Waals surface area contributed by atoms with Crippen molar-refractivity contribution in [2.45, 2.75) is 18.7 Å². The molecular formula is C21H29N5O5S. The van der Waals surface area contributed by atoms with Crippen LogP contribution in [0.15, 0.2) is 33.7 Å². The summed E-state index contributed by atoms with van der Waals surface area (Å²) in [6, 6.07) is 7.27. The Hall–Kier alpha value is -2.63. The molecule has 0 unspecified atom stereocenters. The van der Waals surface area contributed by atoms with E-state index < -0.39 is 10.0 Å². The van der Waals surface area contributed by atoms with E-state index >= 15 is 0 Å². The molecule has 174 valence electrons. The summed E-state index contributed by atoms with van der Waals surface area (Å²) in [5.41, 5.74) is 1.16. The molecule has 1 N–H and O–H groups in total. The molecule has 2 aliphatic heterocycles. The Bertz CT molecular complexity index is 1050. The highest BCUT2D eigenvalue weighted by Gasteiger charge is 2.34. The quantitative estimate of drug-likeness (QED) is 0.688. The Morgan fingerprint density at radius 3 is 2.28 bits per heavy atom. The second-order valence-corrected chi connectivity index (χ2v) is 10.1. The van der Waals surface area contributed by atoms with Crippen LogP contribution in [0.4, 0.5) is 5.69 Å². The average molecular weight is 464 g/mol. The number of carbonyl (C=O) groups is 1. The monoisotopic (exact) mass is 463 g/mol. The molecule has 2 fully saturated rings. The van der Waals surface area contributed by atoms with Crippen molar-refractivity contribution in [2.75, 3.05) is 63.8 Å². The Kier molecular flexibility index (Phi) is 6.40. The van der Waals surface area contributed by atoms with Gasteiger partial charge >= 0.3 is 0 Å². The summed E-state index contributed by atoms with van der Waals surface area (Å²) in [6.45, 7) is 7.64. The van der Waals surface area contributed by atoms with Crippen molar-refractivity contribution in [3.63, 3.8) is 0 Å². The number of aromatic hydroxyl groups is 1. The lowest BCUT2D eigenvalue weighted by atomic mass is 10.2. The Balaban J connectivity index is 1.28. The number of nitrogens with zero attached hydrogens (tertiary/aromatic N) is 5. The van der Waals surface area contributed by atoms with Crippen molar-refractivity contribution in [3.05, 3.63) is 35.7 Å². The van der Waals surface area contributed by atoms with Crippen LogP contribution in [0.3, 0.4) is 0 Å². The van der Waals surface area contributed by atoms with Gasteiger partial charge < -0.3 is 19.4 Å². The number of anilines is 1. The molecule has 10 nitrogen and oxygen atoms in total. The van der Waals surface area contributed by atoms with Crippen LogP contribution < -0.4 is 4.90 Å². The van der Waals surface area contributed by atoms with Crippen molar-refractivity contribution in [1.29, 1.82) is 0 Å². The van der Waals surface area contributed by atoms with E-state index in [9.17, 15) is 18.3 Å². The first-order valence-corrected chi connectivity index (χ1v) is 12.2. The number of aryl methyl sites for hydroxylation is 2. The van der Waals surface area contributed by atoms with Crippen molar-refractivity contribution in [1.82, 2.24) is 19.3 Å². The van der Waals surface area contributed by atoms with Gasteiger partial charge in [0.05, 0.1) is 12.2 Å². The third-order valence-corrected chi connectivity index (χ3v) is 8.25. The number of phenolic OH excluding ortho intramolecular Hbond substituents is 1. The molecule has 1 amide bonds. The first-order valence-electron chi connectivity index (χ1n) is 10.7. The van der Waals surface area contributed by atoms with Gasteiger partial charge in [-0.1, -0.05) is 17.3 Å². The van der Waals surface area contributed by atoms with Crippen molar-refractivity contribution in [3.8, 4) is 5.75 Å². The van der Waals surface area contributed by atoms with Gasteiger partial charge in [0.1, 0.15) is 16.3 Å². The number of para-hydroxylation sites is 2. The number of phenols is 1. The summed E-state index contributed by atoms with van der Waals surface area (Å²) in [6.07, 6.45) is 0. The molecule has 0 bridgehead atoms. The third-order valence-electron chi connectivity index (χ3n) is 6.11. The van der Waals surface area contributed by atoms with Crippen molar-refractivity contribution in [2.24, 2.45) is 0 Å². The Morgan fingerprint density at radius 2 is 1.69 bits per heavy atom. The Morgan fingerprint density at radius 1 is 1.03 bits per heavy atom. The normalized spacial score (nSPS) is 18.8. The number of carbonyl (C=O) groups excluding carboxylic acids is 1. The second kappa shape index (κ2) is 9.08. The lowest BCUT2D eigenvalue weighted by Crippen LogP contribution is -2.54. The predicted molar refractivity (Wildman–Crippen MR) is 118 cm³/mol. The first kappa shape index (κ1) is 22.6. The number of sulfonamides is 1. The Labute approximate surface area is 188 Å². The number of amides is 1. The number of piperazine rings is 2. The van der Waals surface area contributed by atoms with E-state index in [2.05, 4.69) is 15.0 Å². The van der Waals surface area contributed by atoms with Gasteiger partial charge in [0, 0.05) is 52.4 Å². The van der Waals surface area contributed by atoms with Gasteiger partial charge in [-0.15, -0.1) is 0 Å². The van der Waals surface area contributed by atoms with Gasteiger partial charge in [-0.05, 0) is 26.0 Å². The van der Waals surface area contributed by atoms with E-state index in [1.54, 1.807) is 30.9 Å². The molecule has 0 spiro atoms. The van der Waals surface area contributed by atoms with Crippen LogP contribution in [0, 0.1) is 13.8 Å². The predicted octanol–water partition coefficient (Wildman–Crippen LogP) is 0.652. The summed E-state index contributed by atoms with van der Waals surface area (Å²) in [7, 11) is -3.69. The molecule has 3 heterocycles. The minimum absolute atomic E-state index is 0.00963. The van der Waals surface area contributed by atoms with Gasteiger partial charge in [0.25, 0.3) is 0 Å². The fourth-order valence-corrected chi connectivity index (χ4v) is 6.03. The summed E-state index contributed by atoms with van der Waals surface area (Å²) < 4.78 is 32.3. The van der Waals surface area contributed by atoms with Crippen LogP contribution in [-0.4, -0.2) is 97.6 Å². The summed E-state index contributed by atoms with van der Waals surface area (Å²) in [5.74, 6) is 0.556. The molecule has 0 radical (unpaired) electrons. The minimum atomic E-state index is -3.69. The number of benzene rings is 1. The van der Waals surface area contributed by atoms with Crippen LogP contribution in [0.2, 0.25) is 0 Å². The van der Waals surface area contributed by atoms with Gasteiger partial charge in [0.2, 0.25) is 15.9 Å². The molecular weight excluding hydrogens is 434 g/mol. The van der Waals surface area contributed by atoms with E-state index in [-0.39, 0.29) is 35.4 Å². The molecule has 32 heavy (non-hydrogen) atoms. The molecule has 2 saturated heterocycles. The third kappa shape index (κ3) is 4.45. The molecule has 2 aliphatic rings. The summed E-state index contributed by atoms with van der Waals surface area (Å²) in [5, 5.41) is 13.8. The zero-order valence-electron chi connectivity index (χ0n) is 18.4. The van der Waals surface area contributed by atoms with Gasteiger partial charge in [0.15, 0.2) is 5.76 Å². The van der Waals surface area contributed by atoms with E-state index in [1.165, 1.54) is 4.31 Å². The van der Waals surface area contributed by atoms with Gasteiger partial charge in [-0.3, -0.25) is 9.69 Å². The van der Waals surface area contributed by atoms with Crippen LogP contribution in [0.1, 0.15) is 11.5 Å². The minimum Gasteiger partial charge on any atom is -0.506 e. The summed E-state index contributed by atoms with van der Waals surface area (Å²) in [4.78, 5) is 18.9. The average Bonchev–Trinajstić information content (AvgIpc) is 3.13. The maximum Gasteiger partial charge on any atom is 0.248 e. The molecule has 0 atom stereocenters. The zero-order chi connectivity index (χ0) is 22.9. The lowest BCUT2D eigenvalue weighted by Gasteiger charge is -2.38. The van der Waals surface area contributed by atoms with E-state index in [0.717, 1.165) is 31.9 Å². The SMILES string of the molecule is Cc1noc(C)c1S(=O)(=O)N1CCN(C(=O)CN2CCN(c3ccccc3O)CC2)CC1. The van der Waals surface area contributed by atoms with Crippen LogP contribution >= 0.6 is 0 Å². The number of hydrogen-bond acceptors (Lipinski definition) is 8. The smallest absolute Gasteiger partial charge is 0.248 e. The zero-order valence-corrected chi connectivity index (χ0v) is 19.2. The number of hydrogen-bond donors (Lipinski definition) is 1. The second-order valence-electron chi connectivity index (χ2n) is 8.19. The summed E-state index contributed by atoms with van der Waals surface area (Å²) >= 11 is 0. The molecule has 11 heteroatoms. The van der Waals surface area contributed by atoms with Crippen LogP contribution in [-0.2, 0) is 14.8 Å². The van der Waals surface area contributed by atoms with E-state index in [1.807, 2.05) is 12.1 Å². The van der Waals surface area contributed by atoms with Crippen molar-refractivity contribution >= 4 is 21.6 Å². The highest BCUT2D eigenvalue weighted by atomic mass is 32.2. The van der Waals surface area contributed by atoms with Gasteiger partial charge in [-0.2, -0.15) is 4.31 Å². The molecule has 1 aromatic heterocycles. The number of rotatable bonds is 5. The molecule has 0 aliphatic carbocycles. The maximum atomic E-state index is 12.9. The van der Waals surface area contributed by atoms with Crippen LogP contribution in [0.5, 0.6) is 5.75 Å².